The number of nitrogens with zero attached hydrogens (tertiary/aromatic N) is 1. The van der Waals surface area contributed by atoms with E-state index in [4.69, 9.17) is 0 Å². The molecule has 1 aliphatic heterocycles. The van der Waals surface area contributed by atoms with Crippen molar-refractivity contribution in [3.63, 3.8) is 0 Å². The Morgan fingerprint density at radius 3 is 2.73 bits per heavy atom. The molecule has 1 heterocycles. The minimum atomic E-state index is 0.291. The van der Waals surface area contributed by atoms with Crippen LogP contribution in [0.1, 0.15) is 28.8 Å². The van der Waals surface area contributed by atoms with E-state index >= 15 is 0 Å². The molecule has 1 aromatic rings. The molecule has 0 radical (unpaired) electrons. The number of likely N-dealkylation sites (N-methyl/N-ethyl adjacent to an activating group) is 1. The zero-order valence-electron chi connectivity index (χ0n) is 8.99. The smallest absolute Gasteiger partial charge is 0.163 e. The summed E-state index contributed by atoms with van der Waals surface area (Å²) in [5, 5.41) is 0. The molecule has 0 amide bonds. The number of hydrogen-bond donors (Lipinski definition) is 0. The fourth-order valence-electron chi connectivity index (χ4n) is 3.13. The summed E-state index contributed by atoms with van der Waals surface area (Å²) in [5.41, 5.74) is 2.55. The van der Waals surface area contributed by atoms with Crippen molar-refractivity contribution in [2.75, 3.05) is 20.1 Å². The van der Waals surface area contributed by atoms with E-state index in [1.54, 1.807) is 0 Å². The Labute approximate surface area is 89.9 Å². The molecule has 1 aliphatic carbocycles. The maximum atomic E-state index is 11.8. The van der Waals surface area contributed by atoms with Gasteiger partial charge >= 0.3 is 0 Å². The van der Waals surface area contributed by atoms with Crippen molar-refractivity contribution < 1.29 is 4.79 Å². The van der Waals surface area contributed by atoms with Crippen molar-refractivity contribution in [2.24, 2.45) is 0 Å². The maximum absolute atomic E-state index is 11.8. The van der Waals surface area contributed by atoms with E-state index in [9.17, 15) is 4.79 Å². The lowest BCUT2D eigenvalue weighted by Gasteiger charge is -2.51. The Morgan fingerprint density at radius 1 is 1.27 bits per heavy atom. The first kappa shape index (κ1) is 9.10. The standard InChI is InChI=1S/C13H15NO/c1-14-8-13(9-14)7-6-12(15)10-4-2-3-5-11(10)13/h2-5H,6-9H2,1H3. The fraction of sp³-hybridized carbons (Fsp3) is 0.462. The molecule has 1 saturated heterocycles. The van der Waals surface area contributed by atoms with Crippen LogP contribution in [-0.4, -0.2) is 30.8 Å². The topological polar surface area (TPSA) is 20.3 Å². The van der Waals surface area contributed by atoms with Crippen LogP contribution in [0.25, 0.3) is 0 Å². The maximum Gasteiger partial charge on any atom is 0.163 e. The Hall–Kier alpha value is -1.15. The lowest BCUT2D eigenvalue weighted by Crippen LogP contribution is -2.59. The molecule has 1 spiro atoms. The van der Waals surface area contributed by atoms with Crippen molar-refractivity contribution in [3.8, 4) is 0 Å². The lowest BCUT2D eigenvalue weighted by molar-refractivity contribution is 0.0677. The van der Waals surface area contributed by atoms with Crippen molar-refractivity contribution in [2.45, 2.75) is 18.3 Å². The number of likely N-dealkylation sites (tertiary alicyclic amines) is 1. The highest BCUT2D eigenvalue weighted by molar-refractivity contribution is 5.99. The van der Waals surface area contributed by atoms with E-state index in [0.717, 1.165) is 31.5 Å². The Bertz CT molecular complexity index is 418. The van der Waals surface area contributed by atoms with Crippen LogP contribution in [0, 0.1) is 0 Å². The van der Waals surface area contributed by atoms with Crippen molar-refractivity contribution in [1.29, 1.82) is 0 Å². The molecule has 2 nitrogen and oxygen atoms in total. The van der Waals surface area contributed by atoms with Gasteiger partial charge in [0.1, 0.15) is 0 Å². The highest BCUT2D eigenvalue weighted by Crippen LogP contribution is 2.43. The van der Waals surface area contributed by atoms with Crippen molar-refractivity contribution >= 4 is 5.78 Å². The summed E-state index contributed by atoms with van der Waals surface area (Å²) in [6.07, 6.45) is 1.76. The molecular formula is C13H15NO. The van der Waals surface area contributed by atoms with Crippen LogP contribution in [0.2, 0.25) is 0 Å². The third-order valence-electron chi connectivity index (χ3n) is 3.77. The van der Waals surface area contributed by atoms with Gasteiger partial charge in [-0.15, -0.1) is 0 Å². The lowest BCUT2D eigenvalue weighted by atomic mass is 9.65. The van der Waals surface area contributed by atoms with Crippen LogP contribution in [-0.2, 0) is 5.41 Å². The first-order chi connectivity index (χ1) is 7.21. The molecule has 0 N–H and O–H groups in total. The van der Waals surface area contributed by atoms with Gasteiger partial charge in [0.25, 0.3) is 0 Å². The van der Waals surface area contributed by atoms with Crippen molar-refractivity contribution in [3.05, 3.63) is 35.4 Å². The van der Waals surface area contributed by atoms with E-state index < -0.39 is 0 Å². The molecule has 1 fully saturated rings. The molecule has 0 aromatic heterocycles. The van der Waals surface area contributed by atoms with Gasteiger partial charge < -0.3 is 4.90 Å². The molecule has 0 atom stereocenters. The second-order valence-corrected chi connectivity index (χ2v) is 4.92. The minimum absolute atomic E-state index is 0.291. The highest BCUT2D eigenvalue weighted by atomic mass is 16.1. The molecular weight excluding hydrogens is 186 g/mol. The van der Waals surface area contributed by atoms with Crippen LogP contribution in [0.15, 0.2) is 24.3 Å². The van der Waals surface area contributed by atoms with Gasteiger partial charge in [0.15, 0.2) is 5.78 Å². The van der Waals surface area contributed by atoms with Crippen LogP contribution in [0.3, 0.4) is 0 Å². The number of carbonyl (C=O) groups is 1. The second-order valence-electron chi connectivity index (χ2n) is 4.92. The van der Waals surface area contributed by atoms with E-state index in [2.05, 4.69) is 24.1 Å². The largest absolute Gasteiger partial charge is 0.304 e. The number of benzene rings is 1. The van der Waals surface area contributed by atoms with Gasteiger partial charge in [-0.3, -0.25) is 4.79 Å². The van der Waals surface area contributed by atoms with Gasteiger partial charge in [-0.05, 0) is 19.0 Å². The number of hydrogen-bond acceptors (Lipinski definition) is 2. The average molecular weight is 201 g/mol. The Balaban J connectivity index is 2.09. The molecule has 2 aliphatic rings. The predicted molar refractivity (Wildman–Crippen MR) is 59.2 cm³/mol. The molecule has 0 unspecified atom stereocenters. The van der Waals surface area contributed by atoms with Gasteiger partial charge in [-0.25, -0.2) is 0 Å². The summed E-state index contributed by atoms with van der Waals surface area (Å²) in [6.45, 7) is 2.22. The summed E-state index contributed by atoms with van der Waals surface area (Å²) in [6, 6.07) is 8.14. The van der Waals surface area contributed by atoms with Gasteiger partial charge in [-0.2, -0.15) is 0 Å². The van der Waals surface area contributed by atoms with E-state index in [1.807, 2.05) is 12.1 Å². The minimum Gasteiger partial charge on any atom is -0.304 e. The third kappa shape index (κ3) is 1.18. The van der Waals surface area contributed by atoms with Crippen LogP contribution in [0.5, 0.6) is 0 Å². The van der Waals surface area contributed by atoms with E-state index in [-0.39, 0.29) is 0 Å². The first-order valence-electron chi connectivity index (χ1n) is 5.53. The molecule has 15 heavy (non-hydrogen) atoms. The van der Waals surface area contributed by atoms with E-state index in [0.29, 0.717) is 11.2 Å². The summed E-state index contributed by atoms with van der Waals surface area (Å²) in [7, 11) is 2.14. The summed E-state index contributed by atoms with van der Waals surface area (Å²) >= 11 is 0. The first-order valence-corrected chi connectivity index (χ1v) is 5.53. The monoisotopic (exact) mass is 201 g/mol. The van der Waals surface area contributed by atoms with Crippen LogP contribution >= 0.6 is 0 Å². The normalized spacial score (nSPS) is 23.7. The summed E-state index contributed by atoms with van der Waals surface area (Å²) in [5.74, 6) is 0.325. The second kappa shape index (κ2) is 2.92. The predicted octanol–water partition coefficient (Wildman–Crippen LogP) is 1.85. The average Bonchev–Trinajstić information content (AvgIpc) is 2.21. The zero-order valence-corrected chi connectivity index (χ0v) is 8.99. The third-order valence-corrected chi connectivity index (χ3v) is 3.77. The van der Waals surface area contributed by atoms with Crippen molar-refractivity contribution in [1.82, 2.24) is 4.90 Å². The Morgan fingerprint density at radius 2 is 2.00 bits per heavy atom. The summed E-state index contributed by atoms with van der Waals surface area (Å²) < 4.78 is 0. The molecule has 0 bridgehead atoms. The number of rotatable bonds is 0. The molecule has 78 valence electrons. The quantitative estimate of drug-likeness (QED) is 0.638. The SMILES string of the molecule is CN1CC2(CCC(=O)c3ccccc32)C1. The zero-order chi connectivity index (χ0) is 10.5. The summed E-state index contributed by atoms with van der Waals surface area (Å²) in [4.78, 5) is 14.1. The highest BCUT2D eigenvalue weighted by Gasteiger charge is 2.46. The van der Waals surface area contributed by atoms with Gasteiger partial charge in [0.05, 0.1) is 0 Å². The molecule has 3 rings (SSSR count). The number of Topliss-reactive ketones (excluding diaryl/α,β-unsaturated/α-hetero) is 1. The van der Waals surface area contributed by atoms with Gasteiger partial charge in [0, 0.05) is 30.5 Å². The van der Waals surface area contributed by atoms with Gasteiger partial charge in [-0.1, -0.05) is 24.3 Å². The Kier molecular flexibility index (Phi) is 1.77. The van der Waals surface area contributed by atoms with E-state index in [1.165, 1.54) is 5.56 Å². The molecule has 2 heteroatoms. The van der Waals surface area contributed by atoms with Crippen LogP contribution < -0.4 is 0 Å². The molecule has 1 aromatic carbocycles. The number of ketones is 1. The van der Waals surface area contributed by atoms with Gasteiger partial charge in [0.2, 0.25) is 0 Å². The number of fused-ring (bicyclic) bond motifs is 2. The number of carbonyl (C=O) groups excluding carboxylic acids is 1. The fourth-order valence-corrected chi connectivity index (χ4v) is 3.13. The molecule has 0 saturated carbocycles. The van der Waals surface area contributed by atoms with Crippen LogP contribution in [0.4, 0.5) is 0 Å².